The van der Waals surface area contributed by atoms with Gasteiger partial charge in [-0.15, -0.1) is 0 Å². The first-order valence-electron chi connectivity index (χ1n) is 5.69. The molecule has 0 spiro atoms. The molecular formula is C12H12N4O4. The number of rotatable bonds is 3. The van der Waals surface area contributed by atoms with Gasteiger partial charge in [0.15, 0.2) is 0 Å². The molecule has 1 atom stereocenters. The maximum absolute atomic E-state index is 12.1. The number of primary amides is 1. The highest BCUT2D eigenvalue weighted by Gasteiger charge is 2.42. The molecule has 2 rings (SSSR count). The van der Waals surface area contributed by atoms with Crippen molar-refractivity contribution in [3.8, 4) is 0 Å². The molecule has 8 nitrogen and oxygen atoms in total. The number of hydrogen-bond acceptors (Lipinski definition) is 6. The number of benzene rings is 1. The quantitative estimate of drug-likeness (QED) is 0.456. The van der Waals surface area contributed by atoms with Gasteiger partial charge in [-0.2, -0.15) is 0 Å². The third-order valence-electron chi connectivity index (χ3n) is 2.91. The first kappa shape index (κ1) is 13.7. The average molecular weight is 276 g/mol. The van der Waals surface area contributed by atoms with Gasteiger partial charge < -0.3 is 17.2 Å². The summed E-state index contributed by atoms with van der Waals surface area (Å²) in [6, 6.07) is 2.98. The van der Waals surface area contributed by atoms with Crippen molar-refractivity contribution >= 4 is 29.3 Å². The third-order valence-corrected chi connectivity index (χ3v) is 2.91. The highest BCUT2D eigenvalue weighted by Crippen LogP contribution is 2.27. The van der Waals surface area contributed by atoms with Crippen molar-refractivity contribution in [1.82, 2.24) is 4.90 Å². The maximum Gasteiger partial charge on any atom is 0.270 e. The fourth-order valence-electron chi connectivity index (χ4n) is 1.98. The largest absolute Gasteiger partial charge is 0.398 e. The molecule has 0 saturated carbocycles. The molecular weight excluding hydrogens is 264 g/mol. The molecule has 1 aliphatic heterocycles. The Labute approximate surface area is 113 Å². The number of carbonyl (C=O) groups is 4. The van der Waals surface area contributed by atoms with Crippen LogP contribution < -0.4 is 17.2 Å². The number of hydrogen-bond donors (Lipinski definition) is 3. The van der Waals surface area contributed by atoms with Crippen LogP contribution in [0, 0.1) is 0 Å². The number of nitrogen functional groups attached to an aromatic ring is 1. The highest BCUT2D eigenvalue weighted by atomic mass is 16.2. The Kier molecular flexibility index (Phi) is 3.24. The number of nitrogens with two attached hydrogens (primary N) is 3. The first-order chi connectivity index (χ1) is 9.34. The summed E-state index contributed by atoms with van der Waals surface area (Å²) >= 11 is 0. The second-order valence-electron chi connectivity index (χ2n) is 4.33. The van der Waals surface area contributed by atoms with Gasteiger partial charge in [0.25, 0.3) is 17.7 Å². The molecule has 104 valence electrons. The Balaban J connectivity index is 2.36. The number of carbonyl (C=O) groups excluding carboxylic acids is 4. The van der Waals surface area contributed by atoms with Gasteiger partial charge in [0.05, 0.1) is 23.6 Å². The maximum atomic E-state index is 12.1. The molecule has 0 bridgehead atoms. The van der Waals surface area contributed by atoms with Crippen molar-refractivity contribution in [3.05, 3.63) is 29.3 Å². The number of nitrogens with zero attached hydrogens (tertiary/aromatic N) is 1. The predicted octanol–water partition coefficient (Wildman–Crippen LogP) is -1.41. The smallest absolute Gasteiger partial charge is 0.270 e. The molecule has 0 radical (unpaired) electrons. The zero-order valence-corrected chi connectivity index (χ0v) is 10.3. The molecule has 0 saturated heterocycles. The van der Waals surface area contributed by atoms with Gasteiger partial charge in [-0.25, -0.2) is 4.90 Å². The molecule has 0 fully saturated rings. The van der Waals surface area contributed by atoms with Crippen molar-refractivity contribution in [2.75, 3.05) is 5.73 Å². The molecule has 1 aliphatic rings. The van der Waals surface area contributed by atoms with Crippen LogP contribution in [0.3, 0.4) is 0 Å². The summed E-state index contributed by atoms with van der Waals surface area (Å²) in [5.74, 6) is -3.42. The minimum atomic E-state index is -1.35. The minimum absolute atomic E-state index is 0.0304. The van der Waals surface area contributed by atoms with Crippen molar-refractivity contribution < 1.29 is 19.2 Å². The van der Waals surface area contributed by atoms with E-state index in [1.54, 1.807) is 0 Å². The molecule has 1 unspecified atom stereocenters. The summed E-state index contributed by atoms with van der Waals surface area (Å²) < 4.78 is 0. The minimum Gasteiger partial charge on any atom is -0.398 e. The van der Waals surface area contributed by atoms with E-state index in [1.165, 1.54) is 18.2 Å². The van der Waals surface area contributed by atoms with Crippen LogP contribution in [0.5, 0.6) is 0 Å². The van der Waals surface area contributed by atoms with E-state index in [-0.39, 0.29) is 16.8 Å². The van der Waals surface area contributed by atoms with Crippen LogP contribution >= 0.6 is 0 Å². The van der Waals surface area contributed by atoms with E-state index in [9.17, 15) is 19.2 Å². The lowest BCUT2D eigenvalue weighted by molar-refractivity contribution is -0.130. The normalized spacial score (nSPS) is 15.2. The lowest BCUT2D eigenvalue weighted by atomic mass is 10.1. The van der Waals surface area contributed by atoms with Gasteiger partial charge in [0, 0.05) is 5.69 Å². The number of fused-ring (bicyclic) bond motifs is 1. The second kappa shape index (κ2) is 4.74. The summed E-state index contributed by atoms with van der Waals surface area (Å²) in [6.45, 7) is 0. The Morgan fingerprint density at radius 1 is 1.20 bits per heavy atom. The Bertz CT molecular complexity index is 640. The van der Waals surface area contributed by atoms with E-state index in [4.69, 9.17) is 17.2 Å². The van der Waals surface area contributed by atoms with E-state index in [2.05, 4.69) is 0 Å². The zero-order chi connectivity index (χ0) is 15.0. The van der Waals surface area contributed by atoms with Gasteiger partial charge >= 0.3 is 0 Å². The Morgan fingerprint density at radius 2 is 1.85 bits per heavy atom. The molecule has 1 aromatic rings. The second-order valence-corrected chi connectivity index (χ2v) is 4.33. The van der Waals surface area contributed by atoms with Crippen LogP contribution in [0.2, 0.25) is 0 Å². The van der Waals surface area contributed by atoms with Gasteiger partial charge in [-0.05, 0) is 12.1 Å². The lowest BCUT2D eigenvalue weighted by Gasteiger charge is -2.16. The predicted molar refractivity (Wildman–Crippen MR) is 68.1 cm³/mol. The molecule has 1 aromatic carbocycles. The Morgan fingerprint density at radius 3 is 2.40 bits per heavy atom. The summed E-state index contributed by atoms with van der Waals surface area (Å²) in [7, 11) is 0. The van der Waals surface area contributed by atoms with E-state index in [0.717, 1.165) is 0 Å². The topological polar surface area (TPSA) is 150 Å². The average Bonchev–Trinajstić information content (AvgIpc) is 2.61. The van der Waals surface area contributed by atoms with Crippen LogP contribution in [0.25, 0.3) is 0 Å². The van der Waals surface area contributed by atoms with Crippen molar-refractivity contribution in [1.29, 1.82) is 0 Å². The number of amides is 4. The Hall–Kier alpha value is -2.74. The fraction of sp³-hybridized carbons (Fsp3) is 0.167. The summed E-state index contributed by atoms with van der Waals surface area (Å²) in [5, 5.41) is 0. The third kappa shape index (κ3) is 2.01. The number of anilines is 1. The molecule has 6 N–H and O–H groups in total. The van der Waals surface area contributed by atoms with Crippen molar-refractivity contribution in [2.45, 2.75) is 12.5 Å². The number of imide groups is 3. The molecule has 20 heavy (non-hydrogen) atoms. The van der Waals surface area contributed by atoms with Gasteiger partial charge in [-0.1, -0.05) is 6.07 Å². The molecule has 8 heteroatoms. The first-order valence-corrected chi connectivity index (χ1v) is 5.69. The summed E-state index contributed by atoms with van der Waals surface area (Å²) in [4.78, 5) is 47.3. The lowest BCUT2D eigenvalue weighted by Crippen LogP contribution is -2.48. The van der Waals surface area contributed by atoms with Crippen LogP contribution in [0.15, 0.2) is 18.2 Å². The molecule has 0 aliphatic carbocycles. The molecule has 1 heterocycles. The molecule has 4 amide bonds. The van der Waals surface area contributed by atoms with E-state index in [0.29, 0.717) is 4.90 Å². The van der Waals surface area contributed by atoms with E-state index >= 15 is 0 Å². The summed E-state index contributed by atoms with van der Waals surface area (Å²) in [5.41, 5.74) is 16.1. The molecule has 0 aromatic heterocycles. The van der Waals surface area contributed by atoms with Gasteiger partial charge in [0.1, 0.15) is 0 Å². The summed E-state index contributed by atoms with van der Waals surface area (Å²) in [6.07, 6.45) is -0.457. The van der Waals surface area contributed by atoms with Crippen molar-refractivity contribution in [3.63, 3.8) is 0 Å². The van der Waals surface area contributed by atoms with Crippen LogP contribution in [-0.4, -0.2) is 34.6 Å². The SMILES string of the molecule is NC(=O)CC(N)C(=O)N1C(=O)c2cccc(N)c2C1=O. The van der Waals surface area contributed by atoms with Crippen LogP contribution in [-0.2, 0) is 9.59 Å². The van der Waals surface area contributed by atoms with E-state index < -0.39 is 36.1 Å². The van der Waals surface area contributed by atoms with Gasteiger partial charge in [-0.3, -0.25) is 19.2 Å². The van der Waals surface area contributed by atoms with E-state index in [1.807, 2.05) is 0 Å². The van der Waals surface area contributed by atoms with Crippen LogP contribution in [0.1, 0.15) is 27.1 Å². The highest BCUT2D eigenvalue weighted by molar-refractivity contribution is 6.31. The monoisotopic (exact) mass is 276 g/mol. The zero-order valence-electron chi connectivity index (χ0n) is 10.3. The standard InChI is InChI=1S/C12H12N4O4/c13-6-3-1-2-5-9(6)12(20)16(10(5)18)11(19)7(14)4-8(15)17/h1-3,7H,4,13-14H2,(H2,15,17). The van der Waals surface area contributed by atoms with Crippen LogP contribution in [0.4, 0.5) is 5.69 Å². The fourth-order valence-corrected chi connectivity index (χ4v) is 1.98. The van der Waals surface area contributed by atoms with Crippen molar-refractivity contribution in [2.24, 2.45) is 11.5 Å². The van der Waals surface area contributed by atoms with Gasteiger partial charge in [0.2, 0.25) is 5.91 Å².